The van der Waals surface area contributed by atoms with E-state index in [1.807, 2.05) is 49.7 Å². The van der Waals surface area contributed by atoms with Crippen molar-refractivity contribution in [3.8, 4) is 5.75 Å². The van der Waals surface area contributed by atoms with Crippen LogP contribution < -0.4 is 10.1 Å². The number of rotatable bonds is 5. The van der Waals surface area contributed by atoms with Gasteiger partial charge < -0.3 is 15.0 Å². The molecule has 0 spiro atoms. The van der Waals surface area contributed by atoms with E-state index in [1.165, 1.54) is 30.2 Å². The van der Waals surface area contributed by atoms with Crippen LogP contribution in [-0.2, 0) is 6.42 Å². The molecule has 0 amide bonds. The molecule has 0 saturated carbocycles. The summed E-state index contributed by atoms with van der Waals surface area (Å²) in [6.45, 7) is 12.0. The number of piperazine rings is 1. The van der Waals surface area contributed by atoms with Gasteiger partial charge in [-0.2, -0.15) is 0 Å². The van der Waals surface area contributed by atoms with Gasteiger partial charge in [0, 0.05) is 37.6 Å². The average Bonchev–Trinajstić information content (AvgIpc) is 3.00. The Kier molecular flexibility index (Phi) is 10.7. The number of aryl methyl sites for hydroxylation is 1. The van der Waals surface area contributed by atoms with Gasteiger partial charge in [-0.05, 0) is 39.3 Å². The number of halogens is 1. The van der Waals surface area contributed by atoms with E-state index < -0.39 is 0 Å². The molecule has 3 rings (SSSR count). The normalized spacial score (nSPS) is 14.4. The Balaban J connectivity index is 0.000000254. The molecule has 1 N–H and O–H groups in total. The van der Waals surface area contributed by atoms with Crippen LogP contribution in [0.25, 0.3) is 0 Å². The molecular formula is C19H30ClN3OS. The molecule has 4 nitrogen and oxygen atoms in total. The molecule has 6 heteroatoms. The molecule has 1 aromatic heterocycles. The zero-order chi connectivity index (χ0) is 17.2. The van der Waals surface area contributed by atoms with Crippen molar-refractivity contribution in [2.75, 3.05) is 32.7 Å². The van der Waals surface area contributed by atoms with Crippen LogP contribution in [0.15, 0.2) is 35.8 Å². The van der Waals surface area contributed by atoms with E-state index in [1.54, 1.807) is 11.3 Å². The second-order valence-electron chi connectivity index (χ2n) is 6.18. The van der Waals surface area contributed by atoms with Gasteiger partial charge in [0.05, 0.1) is 17.3 Å². The highest BCUT2D eigenvalue weighted by Gasteiger charge is 2.10. The third-order valence-corrected chi connectivity index (χ3v) is 4.82. The van der Waals surface area contributed by atoms with E-state index >= 15 is 0 Å². The lowest BCUT2D eigenvalue weighted by Gasteiger charge is -2.26. The Bertz CT molecular complexity index is 571. The minimum Gasteiger partial charge on any atom is -0.491 e. The fourth-order valence-corrected chi connectivity index (χ4v) is 3.30. The first kappa shape index (κ1) is 21.9. The molecule has 1 saturated heterocycles. The van der Waals surface area contributed by atoms with Gasteiger partial charge >= 0.3 is 0 Å². The fourth-order valence-electron chi connectivity index (χ4n) is 2.53. The molecule has 140 valence electrons. The quantitative estimate of drug-likeness (QED) is 0.852. The molecule has 25 heavy (non-hydrogen) atoms. The number of hydrogen-bond donors (Lipinski definition) is 1. The van der Waals surface area contributed by atoms with Gasteiger partial charge in [0.1, 0.15) is 5.75 Å². The smallest absolute Gasteiger partial charge is 0.119 e. The zero-order valence-corrected chi connectivity index (χ0v) is 17.0. The van der Waals surface area contributed by atoms with E-state index in [0.29, 0.717) is 0 Å². The molecular weight excluding hydrogens is 354 g/mol. The number of ether oxygens (including phenoxy) is 1. The van der Waals surface area contributed by atoms with Gasteiger partial charge in [-0.15, -0.1) is 23.7 Å². The molecule has 1 aliphatic heterocycles. The van der Waals surface area contributed by atoms with Crippen LogP contribution in [0.2, 0.25) is 0 Å². The molecule has 1 aliphatic rings. The van der Waals surface area contributed by atoms with Crippen LogP contribution in [0.5, 0.6) is 5.75 Å². The highest BCUT2D eigenvalue weighted by molar-refractivity contribution is 7.09. The maximum atomic E-state index is 5.41. The summed E-state index contributed by atoms with van der Waals surface area (Å²) < 4.78 is 5.41. The van der Waals surface area contributed by atoms with E-state index in [9.17, 15) is 0 Å². The first-order valence-corrected chi connectivity index (χ1v) is 9.57. The van der Waals surface area contributed by atoms with Gasteiger partial charge in [0.15, 0.2) is 0 Å². The topological polar surface area (TPSA) is 37.4 Å². The van der Waals surface area contributed by atoms with Crippen LogP contribution in [0.4, 0.5) is 0 Å². The number of benzene rings is 1. The summed E-state index contributed by atoms with van der Waals surface area (Å²) in [6, 6.07) is 9.84. The Hall–Kier alpha value is -1.14. The third-order valence-electron chi connectivity index (χ3n) is 3.82. The van der Waals surface area contributed by atoms with Crippen molar-refractivity contribution in [1.82, 2.24) is 15.2 Å². The van der Waals surface area contributed by atoms with E-state index in [-0.39, 0.29) is 18.5 Å². The molecule has 0 radical (unpaired) electrons. The number of nitrogens with one attached hydrogen (secondary N) is 1. The van der Waals surface area contributed by atoms with Gasteiger partial charge in [-0.3, -0.25) is 0 Å². The molecule has 1 aromatic carbocycles. The van der Waals surface area contributed by atoms with Gasteiger partial charge in [-0.25, -0.2) is 4.98 Å². The van der Waals surface area contributed by atoms with E-state index in [0.717, 1.165) is 25.3 Å². The number of thiazole rings is 1. The van der Waals surface area contributed by atoms with Gasteiger partial charge in [-0.1, -0.05) is 18.2 Å². The van der Waals surface area contributed by atoms with Crippen LogP contribution >= 0.6 is 23.7 Å². The minimum absolute atomic E-state index is 0. The van der Waals surface area contributed by atoms with Crippen LogP contribution in [-0.4, -0.2) is 48.7 Å². The summed E-state index contributed by atoms with van der Waals surface area (Å²) in [5.41, 5.74) is 3.16. The Morgan fingerprint density at radius 1 is 1.20 bits per heavy atom. The summed E-state index contributed by atoms with van der Waals surface area (Å²) in [7, 11) is 0. The van der Waals surface area contributed by atoms with Crippen molar-refractivity contribution in [3.05, 3.63) is 46.4 Å². The maximum Gasteiger partial charge on any atom is 0.119 e. The van der Waals surface area contributed by atoms with Crippen molar-refractivity contribution in [3.63, 3.8) is 0 Å². The fraction of sp³-hybridized carbons (Fsp3) is 0.526. The summed E-state index contributed by atoms with van der Waals surface area (Å²) >= 11 is 1.78. The lowest BCUT2D eigenvalue weighted by atomic mass is 10.2. The third kappa shape index (κ3) is 8.68. The van der Waals surface area contributed by atoms with Crippen molar-refractivity contribution >= 4 is 23.7 Å². The van der Waals surface area contributed by atoms with Crippen LogP contribution in [0.3, 0.4) is 0 Å². The monoisotopic (exact) mass is 383 g/mol. The van der Waals surface area contributed by atoms with Crippen LogP contribution in [0.1, 0.15) is 24.4 Å². The highest BCUT2D eigenvalue weighted by atomic mass is 35.5. The molecule has 1 fully saturated rings. The Morgan fingerprint density at radius 3 is 2.44 bits per heavy atom. The Labute approximate surface area is 162 Å². The lowest BCUT2D eigenvalue weighted by molar-refractivity contribution is 0.242. The second kappa shape index (κ2) is 12.3. The predicted octanol–water partition coefficient (Wildman–Crippen LogP) is 3.79. The van der Waals surface area contributed by atoms with E-state index in [4.69, 9.17) is 4.74 Å². The SMILES string of the molecule is CC(C)Oc1ccccc1.Cc1ncsc1CCN1CCNCC1.Cl. The molecule has 2 aromatic rings. The zero-order valence-electron chi connectivity index (χ0n) is 15.4. The molecule has 0 unspecified atom stereocenters. The van der Waals surface area contributed by atoms with Gasteiger partial charge in [0.2, 0.25) is 0 Å². The summed E-state index contributed by atoms with van der Waals surface area (Å²) in [6.07, 6.45) is 1.43. The highest BCUT2D eigenvalue weighted by Crippen LogP contribution is 2.13. The van der Waals surface area contributed by atoms with E-state index in [2.05, 4.69) is 22.1 Å². The molecule has 0 aliphatic carbocycles. The lowest BCUT2D eigenvalue weighted by Crippen LogP contribution is -2.44. The first-order valence-electron chi connectivity index (χ1n) is 8.69. The largest absolute Gasteiger partial charge is 0.491 e. The van der Waals surface area contributed by atoms with Crippen molar-refractivity contribution in [2.24, 2.45) is 0 Å². The number of para-hydroxylation sites is 1. The average molecular weight is 384 g/mol. The van der Waals surface area contributed by atoms with Gasteiger partial charge in [0.25, 0.3) is 0 Å². The molecule has 0 bridgehead atoms. The number of hydrogen-bond acceptors (Lipinski definition) is 5. The van der Waals surface area contributed by atoms with Crippen molar-refractivity contribution < 1.29 is 4.74 Å². The predicted molar refractivity (Wildman–Crippen MR) is 109 cm³/mol. The number of aromatic nitrogens is 1. The number of nitrogens with zero attached hydrogens (tertiary/aromatic N) is 2. The molecule has 0 atom stereocenters. The Morgan fingerprint density at radius 2 is 1.88 bits per heavy atom. The standard InChI is InChI=1S/C10H17N3S.C9H12O.ClH/c1-9-10(14-8-12-9)2-5-13-6-3-11-4-7-13;1-8(2)10-9-6-4-3-5-7-9;/h8,11H,2-7H2,1H3;3-8H,1-2H3;1H. The summed E-state index contributed by atoms with van der Waals surface area (Å²) in [4.78, 5) is 8.24. The van der Waals surface area contributed by atoms with Crippen molar-refractivity contribution in [2.45, 2.75) is 33.3 Å². The minimum atomic E-state index is 0. The maximum absolute atomic E-state index is 5.41. The van der Waals surface area contributed by atoms with Crippen LogP contribution in [0, 0.1) is 6.92 Å². The van der Waals surface area contributed by atoms with Crippen molar-refractivity contribution in [1.29, 1.82) is 0 Å². The first-order chi connectivity index (χ1) is 11.6. The summed E-state index contributed by atoms with van der Waals surface area (Å²) in [5, 5.41) is 3.37. The summed E-state index contributed by atoms with van der Waals surface area (Å²) in [5.74, 6) is 0.942. The second-order valence-corrected chi connectivity index (χ2v) is 7.12. The molecule has 2 heterocycles.